The van der Waals surface area contributed by atoms with Crippen LogP contribution in [-0.2, 0) is 6.54 Å². The summed E-state index contributed by atoms with van der Waals surface area (Å²) in [6, 6.07) is 13.9. The Morgan fingerprint density at radius 2 is 2.00 bits per heavy atom. The first-order valence-electron chi connectivity index (χ1n) is 7.14. The van der Waals surface area contributed by atoms with Crippen molar-refractivity contribution in [3.8, 4) is 17.1 Å². The van der Waals surface area contributed by atoms with Gasteiger partial charge in [-0.3, -0.25) is 0 Å². The van der Waals surface area contributed by atoms with E-state index in [-0.39, 0.29) is 12.3 Å². The molecule has 3 rings (SSSR count). The van der Waals surface area contributed by atoms with E-state index in [9.17, 15) is 9.50 Å². The third-order valence-electron chi connectivity index (χ3n) is 3.49. The zero-order chi connectivity index (χ0) is 16.2. The monoisotopic (exact) mass is 313 g/mol. The van der Waals surface area contributed by atoms with E-state index in [1.807, 2.05) is 30.3 Å². The number of methoxy groups -OCH3 is 1. The minimum absolute atomic E-state index is 0.146. The van der Waals surface area contributed by atoms with Crippen molar-refractivity contribution >= 4 is 0 Å². The van der Waals surface area contributed by atoms with Crippen LogP contribution in [0.1, 0.15) is 11.7 Å². The van der Waals surface area contributed by atoms with Crippen LogP contribution in [0.5, 0.6) is 5.75 Å². The Hall–Kier alpha value is -2.73. The lowest BCUT2D eigenvalue weighted by Crippen LogP contribution is -2.09. The molecule has 0 spiro atoms. The molecular formula is C17H16FN3O2. The van der Waals surface area contributed by atoms with Gasteiger partial charge in [0.05, 0.1) is 19.8 Å². The summed E-state index contributed by atoms with van der Waals surface area (Å²) in [4.78, 5) is 4.22. The number of benzene rings is 2. The second-order valence-corrected chi connectivity index (χ2v) is 5.07. The Kier molecular flexibility index (Phi) is 4.34. The Bertz CT molecular complexity index is 790. The molecule has 0 aliphatic carbocycles. The molecular weight excluding hydrogens is 297 g/mol. The number of aliphatic hydroxyl groups excluding tert-OH is 1. The van der Waals surface area contributed by atoms with Crippen LogP contribution in [0.15, 0.2) is 54.9 Å². The summed E-state index contributed by atoms with van der Waals surface area (Å²) < 4.78 is 20.1. The molecule has 2 aromatic carbocycles. The molecule has 118 valence electrons. The first-order valence-corrected chi connectivity index (χ1v) is 7.14. The summed E-state index contributed by atoms with van der Waals surface area (Å²) in [6.07, 6.45) is 0.659. The van der Waals surface area contributed by atoms with Gasteiger partial charge in [-0.1, -0.05) is 36.4 Å². The van der Waals surface area contributed by atoms with Crippen molar-refractivity contribution in [2.75, 3.05) is 7.11 Å². The maximum atomic E-state index is 13.7. The predicted molar refractivity (Wildman–Crippen MR) is 83.4 cm³/mol. The average molecular weight is 313 g/mol. The molecule has 0 saturated carbocycles. The number of hydrogen-bond donors (Lipinski definition) is 1. The third-order valence-corrected chi connectivity index (χ3v) is 3.49. The van der Waals surface area contributed by atoms with Crippen molar-refractivity contribution in [3.05, 3.63) is 66.2 Å². The number of aromatic nitrogens is 3. The van der Waals surface area contributed by atoms with Crippen LogP contribution in [0.3, 0.4) is 0 Å². The lowest BCUT2D eigenvalue weighted by Gasteiger charge is -2.12. The topological polar surface area (TPSA) is 60.2 Å². The molecule has 0 fully saturated rings. The van der Waals surface area contributed by atoms with Crippen molar-refractivity contribution in [1.29, 1.82) is 0 Å². The van der Waals surface area contributed by atoms with E-state index in [1.54, 1.807) is 12.4 Å². The summed E-state index contributed by atoms with van der Waals surface area (Å²) in [5, 5.41) is 14.6. The van der Waals surface area contributed by atoms with Gasteiger partial charge in [0, 0.05) is 5.56 Å². The molecule has 1 N–H and O–H groups in total. The largest absolute Gasteiger partial charge is 0.494 e. The van der Waals surface area contributed by atoms with E-state index in [1.165, 1.54) is 23.9 Å². The molecule has 5 nitrogen and oxygen atoms in total. The molecule has 0 radical (unpaired) electrons. The fourth-order valence-electron chi connectivity index (χ4n) is 2.27. The number of halogens is 1. The standard InChI is InChI=1S/C17H16FN3O2/c1-23-16-8-7-13(9-14(16)18)15(22)10-21-11-19-17(20-21)12-5-3-2-4-6-12/h2-9,11,15,22H,10H2,1H3. The Morgan fingerprint density at radius 3 is 2.70 bits per heavy atom. The molecule has 6 heteroatoms. The second kappa shape index (κ2) is 6.58. The molecule has 1 heterocycles. The molecule has 0 amide bonds. The summed E-state index contributed by atoms with van der Waals surface area (Å²) in [5.74, 6) is 0.222. The molecule has 1 aromatic heterocycles. The van der Waals surface area contributed by atoms with Gasteiger partial charge in [-0.15, -0.1) is 0 Å². The fourth-order valence-corrected chi connectivity index (χ4v) is 2.27. The maximum Gasteiger partial charge on any atom is 0.181 e. The predicted octanol–water partition coefficient (Wildman–Crippen LogP) is 2.83. The molecule has 3 aromatic rings. The van der Waals surface area contributed by atoms with Crippen molar-refractivity contribution in [3.63, 3.8) is 0 Å². The van der Waals surface area contributed by atoms with Gasteiger partial charge >= 0.3 is 0 Å². The van der Waals surface area contributed by atoms with Crippen LogP contribution >= 0.6 is 0 Å². The quantitative estimate of drug-likeness (QED) is 0.787. The van der Waals surface area contributed by atoms with E-state index in [0.29, 0.717) is 11.4 Å². The van der Waals surface area contributed by atoms with Crippen LogP contribution in [0.2, 0.25) is 0 Å². The van der Waals surface area contributed by atoms with E-state index < -0.39 is 11.9 Å². The van der Waals surface area contributed by atoms with E-state index in [2.05, 4.69) is 10.1 Å². The minimum Gasteiger partial charge on any atom is -0.494 e. The fraction of sp³-hybridized carbons (Fsp3) is 0.176. The van der Waals surface area contributed by atoms with Crippen molar-refractivity contribution in [2.24, 2.45) is 0 Å². The normalized spacial score (nSPS) is 12.1. The molecule has 0 aliphatic heterocycles. The van der Waals surface area contributed by atoms with Crippen LogP contribution in [0.4, 0.5) is 4.39 Å². The lowest BCUT2D eigenvalue weighted by molar-refractivity contribution is 0.151. The van der Waals surface area contributed by atoms with Gasteiger partial charge in [-0.2, -0.15) is 5.10 Å². The highest BCUT2D eigenvalue weighted by Crippen LogP contribution is 2.23. The molecule has 0 aliphatic rings. The van der Waals surface area contributed by atoms with Crippen LogP contribution in [0, 0.1) is 5.82 Å². The van der Waals surface area contributed by atoms with Crippen molar-refractivity contribution in [2.45, 2.75) is 12.6 Å². The average Bonchev–Trinajstić information content (AvgIpc) is 3.04. The smallest absolute Gasteiger partial charge is 0.181 e. The number of aliphatic hydroxyl groups is 1. The number of ether oxygens (including phenoxy) is 1. The first-order chi connectivity index (χ1) is 11.2. The van der Waals surface area contributed by atoms with E-state index >= 15 is 0 Å². The minimum atomic E-state index is -0.888. The molecule has 0 saturated heterocycles. The van der Waals surface area contributed by atoms with Crippen LogP contribution < -0.4 is 4.74 Å². The van der Waals surface area contributed by atoms with Crippen molar-refractivity contribution in [1.82, 2.24) is 14.8 Å². The summed E-state index contributed by atoms with van der Waals surface area (Å²) in [7, 11) is 1.40. The highest BCUT2D eigenvalue weighted by Gasteiger charge is 2.13. The summed E-state index contributed by atoms with van der Waals surface area (Å²) in [5.41, 5.74) is 1.36. The number of rotatable bonds is 5. The van der Waals surface area contributed by atoms with Crippen LogP contribution in [0.25, 0.3) is 11.4 Å². The van der Waals surface area contributed by atoms with Gasteiger partial charge in [0.15, 0.2) is 17.4 Å². The number of nitrogens with zero attached hydrogens (tertiary/aromatic N) is 3. The Labute approximate surface area is 133 Å². The lowest BCUT2D eigenvalue weighted by atomic mass is 10.1. The van der Waals surface area contributed by atoms with E-state index in [0.717, 1.165) is 5.56 Å². The second-order valence-electron chi connectivity index (χ2n) is 5.07. The molecule has 1 atom stereocenters. The van der Waals surface area contributed by atoms with Gasteiger partial charge in [0.2, 0.25) is 0 Å². The number of hydrogen-bond acceptors (Lipinski definition) is 4. The Morgan fingerprint density at radius 1 is 1.22 bits per heavy atom. The molecule has 23 heavy (non-hydrogen) atoms. The SMILES string of the molecule is COc1ccc(C(O)Cn2cnc(-c3ccccc3)n2)cc1F. The van der Waals surface area contributed by atoms with Crippen LogP contribution in [-0.4, -0.2) is 27.0 Å². The molecule has 0 bridgehead atoms. The van der Waals surface area contributed by atoms with Gasteiger partial charge in [0.1, 0.15) is 6.33 Å². The molecule has 1 unspecified atom stereocenters. The maximum absolute atomic E-state index is 13.7. The zero-order valence-corrected chi connectivity index (χ0v) is 12.6. The van der Waals surface area contributed by atoms with Gasteiger partial charge < -0.3 is 9.84 Å². The highest BCUT2D eigenvalue weighted by molar-refractivity contribution is 5.53. The zero-order valence-electron chi connectivity index (χ0n) is 12.6. The summed E-state index contributed by atoms with van der Waals surface area (Å²) >= 11 is 0. The van der Waals surface area contributed by atoms with Gasteiger partial charge in [0.25, 0.3) is 0 Å². The summed E-state index contributed by atoms with van der Waals surface area (Å²) in [6.45, 7) is 0.186. The van der Waals surface area contributed by atoms with Gasteiger partial charge in [-0.25, -0.2) is 14.1 Å². The highest BCUT2D eigenvalue weighted by atomic mass is 19.1. The first kappa shape index (κ1) is 15.2. The Balaban J connectivity index is 1.74. The van der Waals surface area contributed by atoms with Gasteiger partial charge in [-0.05, 0) is 17.7 Å². The van der Waals surface area contributed by atoms with Crippen molar-refractivity contribution < 1.29 is 14.2 Å². The third kappa shape index (κ3) is 3.37. The van der Waals surface area contributed by atoms with E-state index in [4.69, 9.17) is 4.74 Å².